The van der Waals surface area contributed by atoms with Crippen molar-refractivity contribution < 1.29 is 9.13 Å². The second-order valence-electron chi connectivity index (χ2n) is 8.45. The van der Waals surface area contributed by atoms with Crippen molar-refractivity contribution in [3.63, 3.8) is 0 Å². The molecule has 1 aliphatic rings. The predicted octanol–water partition coefficient (Wildman–Crippen LogP) is 2.74. The molecule has 5 rings (SSSR count). The molecule has 2 aromatic heterocycles. The van der Waals surface area contributed by atoms with Crippen LogP contribution >= 0.6 is 0 Å². The molecule has 0 spiro atoms. The lowest BCUT2D eigenvalue weighted by atomic mass is 10.0. The molecule has 1 N–H and O–H groups in total. The first-order valence-electron chi connectivity index (χ1n) is 11.0. The van der Waals surface area contributed by atoms with E-state index in [2.05, 4.69) is 38.4 Å². The predicted molar refractivity (Wildman–Crippen MR) is 122 cm³/mol. The first kappa shape index (κ1) is 21.4. The number of benzene rings is 2. The number of morpholine rings is 1. The van der Waals surface area contributed by atoms with Gasteiger partial charge in [0.2, 0.25) is 0 Å². The largest absolute Gasteiger partial charge is 0.379 e. The molecule has 1 fully saturated rings. The number of aryl methyl sites for hydroxylation is 2. The van der Waals surface area contributed by atoms with Crippen molar-refractivity contribution in [2.45, 2.75) is 26.4 Å². The maximum Gasteiger partial charge on any atom is 0.253 e. The van der Waals surface area contributed by atoms with Crippen LogP contribution < -0.4 is 5.56 Å². The van der Waals surface area contributed by atoms with Gasteiger partial charge in [-0.2, -0.15) is 0 Å². The van der Waals surface area contributed by atoms with Crippen LogP contribution in [0.3, 0.4) is 0 Å². The Balaban J connectivity index is 1.62. The Kier molecular flexibility index (Phi) is 5.74. The number of ether oxygens (including phenoxy) is 1. The summed E-state index contributed by atoms with van der Waals surface area (Å²) in [6.07, 6.45) is 0. The molecule has 1 atom stereocenters. The van der Waals surface area contributed by atoms with Crippen LogP contribution in [0.15, 0.2) is 47.3 Å². The normalized spacial score (nSPS) is 15.7. The van der Waals surface area contributed by atoms with Gasteiger partial charge in [0.15, 0.2) is 5.82 Å². The minimum absolute atomic E-state index is 0.168. The van der Waals surface area contributed by atoms with Crippen LogP contribution in [0.5, 0.6) is 0 Å². The lowest BCUT2D eigenvalue weighted by Gasteiger charge is -2.33. The minimum Gasteiger partial charge on any atom is -0.379 e. The highest BCUT2D eigenvalue weighted by molar-refractivity contribution is 5.81. The van der Waals surface area contributed by atoms with Gasteiger partial charge in [-0.3, -0.25) is 9.69 Å². The maximum atomic E-state index is 13.4. The minimum atomic E-state index is -0.445. The molecule has 0 saturated carbocycles. The van der Waals surface area contributed by atoms with Crippen LogP contribution in [0.2, 0.25) is 0 Å². The zero-order chi connectivity index (χ0) is 22.9. The van der Waals surface area contributed by atoms with Crippen LogP contribution in [0.25, 0.3) is 10.9 Å². The van der Waals surface area contributed by atoms with Crippen molar-refractivity contribution >= 4 is 10.9 Å². The molecule has 1 aliphatic heterocycles. The summed E-state index contributed by atoms with van der Waals surface area (Å²) < 4.78 is 20.6. The second-order valence-corrected chi connectivity index (χ2v) is 8.45. The molecule has 8 nitrogen and oxygen atoms in total. The van der Waals surface area contributed by atoms with Crippen molar-refractivity contribution in [1.82, 2.24) is 30.1 Å². The van der Waals surface area contributed by atoms with Gasteiger partial charge >= 0.3 is 0 Å². The molecule has 0 radical (unpaired) electrons. The molecular weight excluding hydrogens is 423 g/mol. The van der Waals surface area contributed by atoms with E-state index in [1.165, 1.54) is 12.1 Å². The molecule has 3 heterocycles. The third-order valence-corrected chi connectivity index (χ3v) is 6.24. The molecular formula is C24H25FN6O2. The van der Waals surface area contributed by atoms with Crippen molar-refractivity contribution in [2.75, 3.05) is 26.3 Å². The number of hydrogen-bond donors (Lipinski definition) is 1. The van der Waals surface area contributed by atoms with Crippen LogP contribution in [-0.2, 0) is 11.3 Å². The molecule has 0 aliphatic carbocycles. The van der Waals surface area contributed by atoms with Gasteiger partial charge in [-0.05, 0) is 76.7 Å². The van der Waals surface area contributed by atoms with E-state index in [0.29, 0.717) is 44.2 Å². The second kappa shape index (κ2) is 8.84. The highest BCUT2D eigenvalue weighted by Crippen LogP contribution is 2.28. The van der Waals surface area contributed by atoms with Crippen LogP contribution in [0.1, 0.15) is 34.1 Å². The topological polar surface area (TPSA) is 88.9 Å². The molecule has 9 heteroatoms. The van der Waals surface area contributed by atoms with Gasteiger partial charge in [0.1, 0.15) is 11.9 Å². The Morgan fingerprint density at radius 3 is 2.58 bits per heavy atom. The Morgan fingerprint density at radius 2 is 1.82 bits per heavy atom. The molecule has 0 amide bonds. The Hall–Kier alpha value is -3.43. The number of H-pyrrole nitrogens is 1. The first-order chi connectivity index (χ1) is 16.0. The van der Waals surface area contributed by atoms with Crippen LogP contribution in [0.4, 0.5) is 4.39 Å². The summed E-state index contributed by atoms with van der Waals surface area (Å²) in [6.45, 7) is 6.90. The van der Waals surface area contributed by atoms with Gasteiger partial charge in [0.25, 0.3) is 5.56 Å². The molecule has 0 bridgehead atoms. The smallest absolute Gasteiger partial charge is 0.253 e. The van der Waals surface area contributed by atoms with Gasteiger partial charge in [0, 0.05) is 24.2 Å². The summed E-state index contributed by atoms with van der Waals surface area (Å²) in [5.74, 6) is 0.269. The number of aromatic amines is 1. The van der Waals surface area contributed by atoms with E-state index in [0.717, 1.165) is 27.6 Å². The summed E-state index contributed by atoms with van der Waals surface area (Å²) in [5.41, 5.74) is 4.37. The quantitative estimate of drug-likeness (QED) is 0.505. The van der Waals surface area contributed by atoms with E-state index < -0.39 is 6.04 Å². The number of pyridine rings is 1. The first-order valence-corrected chi connectivity index (χ1v) is 11.0. The molecule has 33 heavy (non-hydrogen) atoms. The number of halogens is 1. The van der Waals surface area contributed by atoms with E-state index >= 15 is 0 Å². The number of tetrazole rings is 1. The fourth-order valence-corrected chi connectivity index (χ4v) is 4.31. The summed E-state index contributed by atoms with van der Waals surface area (Å²) >= 11 is 0. The number of rotatable bonds is 5. The highest BCUT2D eigenvalue weighted by atomic mass is 19.1. The third kappa shape index (κ3) is 4.29. The highest BCUT2D eigenvalue weighted by Gasteiger charge is 2.31. The number of nitrogens with zero attached hydrogens (tertiary/aromatic N) is 5. The van der Waals surface area contributed by atoms with Gasteiger partial charge in [-0.25, -0.2) is 9.07 Å². The lowest BCUT2D eigenvalue weighted by molar-refractivity contribution is 0.0214. The summed E-state index contributed by atoms with van der Waals surface area (Å²) in [5, 5.41) is 13.4. The van der Waals surface area contributed by atoms with E-state index in [4.69, 9.17) is 4.74 Å². The summed E-state index contributed by atoms with van der Waals surface area (Å²) in [6, 6.07) is 11.8. The Morgan fingerprint density at radius 1 is 1.09 bits per heavy atom. The molecule has 170 valence electrons. The van der Waals surface area contributed by atoms with Gasteiger partial charge in [-0.15, -0.1) is 5.10 Å². The fraction of sp³-hybridized carbons (Fsp3) is 0.333. The summed E-state index contributed by atoms with van der Waals surface area (Å²) in [4.78, 5) is 18.5. The molecule has 2 aromatic carbocycles. The SMILES string of the molecule is Cc1cc2cc([C@H](c3nnnn3Cc3ccc(F)cc3)N3CCOCC3)c(=O)[nH]c2cc1C. The average Bonchev–Trinajstić information content (AvgIpc) is 3.26. The van der Waals surface area contributed by atoms with E-state index in [9.17, 15) is 9.18 Å². The standard InChI is InChI=1S/C24H25FN6O2/c1-15-11-18-13-20(24(32)26-21(18)12-16(15)2)22(30-7-9-33-10-8-30)23-27-28-29-31(23)14-17-3-5-19(25)6-4-17/h3-6,11-13,22H,7-10,14H2,1-2H3,(H,26,32)/t22-/m1/s1. The zero-order valence-corrected chi connectivity index (χ0v) is 18.6. The number of nitrogens with one attached hydrogen (secondary N) is 1. The lowest BCUT2D eigenvalue weighted by Crippen LogP contribution is -2.42. The average molecular weight is 449 g/mol. The van der Waals surface area contributed by atoms with Crippen LogP contribution in [0, 0.1) is 19.7 Å². The fourth-order valence-electron chi connectivity index (χ4n) is 4.31. The molecule has 1 saturated heterocycles. The summed E-state index contributed by atoms with van der Waals surface area (Å²) in [7, 11) is 0. The third-order valence-electron chi connectivity index (χ3n) is 6.24. The Bertz CT molecular complexity index is 1340. The van der Waals surface area contributed by atoms with E-state index in [1.54, 1.807) is 16.8 Å². The monoisotopic (exact) mass is 448 g/mol. The van der Waals surface area contributed by atoms with Gasteiger partial charge in [0.05, 0.1) is 19.8 Å². The molecule has 4 aromatic rings. The van der Waals surface area contributed by atoms with Gasteiger partial charge in [-0.1, -0.05) is 12.1 Å². The number of fused-ring (bicyclic) bond motifs is 1. The van der Waals surface area contributed by atoms with E-state index in [-0.39, 0.29) is 11.4 Å². The number of hydrogen-bond acceptors (Lipinski definition) is 6. The van der Waals surface area contributed by atoms with Gasteiger partial charge < -0.3 is 9.72 Å². The Labute approximate surface area is 190 Å². The zero-order valence-electron chi connectivity index (χ0n) is 18.6. The van der Waals surface area contributed by atoms with Crippen molar-refractivity contribution in [2.24, 2.45) is 0 Å². The van der Waals surface area contributed by atoms with Crippen molar-refractivity contribution in [3.8, 4) is 0 Å². The van der Waals surface area contributed by atoms with Crippen LogP contribution in [-0.4, -0.2) is 56.4 Å². The number of aromatic nitrogens is 5. The van der Waals surface area contributed by atoms with E-state index in [1.807, 2.05) is 19.1 Å². The van der Waals surface area contributed by atoms with Crippen molar-refractivity contribution in [3.05, 3.63) is 86.7 Å². The molecule has 0 unspecified atom stereocenters. The van der Waals surface area contributed by atoms with Crippen molar-refractivity contribution in [1.29, 1.82) is 0 Å². The maximum absolute atomic E-state index is 13.4.